The Kier molecular flexibility index (Phi) is 3.40. The van der Waals surface area contributed by atoms with Gasteiger partial charge >= 0.3 is 0 Å². The molecule has 0 aromatic heterocycles. The maximum absolute atomic E-state index is 10.5. The summed E-state index contributed by atoms with van der Waals surface area (Å²) in [6.45, 7) is 2.33. The summed E-state index contributed by atoms with van der Waals surface area (Å²) in [7, 11) is 2.18. The van der Waals surface area contributed by atoms with Crippen molar-refractivity contribution in [3.8, 4) is 0 Å². The van der Waals surface area contributed by atoms with Crippen molar-refractivity contribution < 1.29 is 5.11 Å². The highest BCUT2D eigenvalue weighted by Crippen LogP contribution is 2.37. The van der Waals surface area contributed by atoms with Gasteiger partial charge in [-0.25, -0.2) is 0 Å². The van der Waals surface area contributed by atoms with E-state index in [1.807, 2.05) is 11.8 Å². The van der Waals surface area contributed by atoms with Crippen molar-refractivity contribution in [1.29, 1.82) is 0 Å². The lowest BCUT2D eigenvalue weighted by atomic mass is 9.79. The van der Waals surface area contributed by atoms with Crippen LogP contribution in [0.25, 0.3) is 0 Å². The van der Waals surface area contributed by atoms with E-state index >= 15 is 0 Å². The third-order valence-corrected chi connectivity index (χ3v) is 5.01. The summed E-state index contributed by atoms with van der Waals surface area (Å²) >= 11 is 1.93. The van der Waals surface area contributed by atoms with Gasteiger partial charge in [-0.3, -0.25) is 0 Å². The first-order valence-corrected chi connectivity index (χ1v) is 6.85. The van der Waals surface area contributed by atoms with Crippen LogP contribution in [0.1, 0.15) is 25.7 Å². The highest BCUT2D eigenvalue weighted by atomic mass is 32.2. The van der Waals surface area contributed by atoms with Crippen LogP contribution in [0.2, 0.25) is 0 Å². The molecule has 0 bridgehead atoms. The molecule has 0 aromatic rings. The molecular formula is C11H21NOS. The second-order valence-electron chi connectivity index (χ2n) is 4.84. The Morgan fingerprint density at radius 2 is 2.07 bits per heavy atom. The molecule has 0 amide bonds. The van der Waals surface area contributed by atoms with Crippen LogP contribution >= 0.6 is 11.8 Å². The minimum Gasteiger partial charge on any atom is -0.389 e. The average molecular weight is 215 g/mol. The van der Waals surface area contributed by atoms with E-state index in [0.717, 1.165) is 25.3 Å². The third kappa shape index (κ3) is 2.26. The van der Waals surface area contributed by atoms with Gasteiger partial charge in [-0.2, -0.15) is 11.8 Å². The Bertz CT molecular complexity index is 184. The molecule has 2 aliphatic heterocycles. The van der Waals surface area contributed by atoms with Crippen molar-refractivity contribution in [2.75, 3.05) is 31.6 Å². The summed E-state index contributed by atoms with van der Waals surface area (Å²) in [5, 5.41) is 10.5. The lowest BCUT2D eigenvalue weighted by molar-refractivity contribution is -0.0299. The molecule has 0 spiro atoms. The van der Waals surface area contributed by atoms with E-state index in [9.17, 15) is 5.11 Å². The first-order chi connectivity index (χ1) is 6.71. The molecular weight excluding hydrogens is 194 g/mol. The summed E-state index contributed by atoms with van der Waals surface area (Å²) in [4.78, 5) is 2.37. The van der Waals surface area contributed by atoms with E-state index in [1.54, 1.807) is 0 Å². The van der Waals surface area contributed by atoms with Gasteiger partial charge in [0.25, 0.3) is 0 Å². The van der Waals surface area contributed by atoms with Crippen molar-refractivity contribution >= 4 is 11.8 Å². The van der Waals surface area contributed by atoms with Crippen molar-refractivity contribution in [1.82, 2.24) is 4.90 Å². The van der Waals surface area contributed by atoms with Crippen LogP contribution in [-0.4, -0.2) is 47.3 Å². The maximum atomic E-state index is 10.5. The number of rotatable bonds is 1. The predicted octanol–water partition coefficient (Wildman–Crippen LogP) is 1.59. The van der Waals surface area contributed by atoms with Crippen LogP contribution in [0.3, 0.4) is 0 Å². The van der Waals surface area contributed by atoms with Gasteiger partial charge in [0.2, 0.25) is 0 Å². The molecule has 3 heteroatoms. The van der Waals surface area contributed by atoms with Gasteiger partial charge < -0.3 is 10.0 Å². The largest absolute Gasteiger partial charge is 0.389 e. The molecule has 82 valence electrons. The summed E-state index contributed by atoms with van der Waals surface area (Å²) in [5.74, 6) is 2.78. The van der Waals surface area contributed by atoms with E-state index in [1.165, 1.54) is 25.0 Å². The van der Waals surface area contributed by atoms with Crippen molar-refractivity contribution in [2.24, 2.45) is 5.92 Å². The molecule has 0 radical (unpaired) electrons. The van der Waals surface area contributed by atoms with Crippen LogP contribution in [0.4, 0.5) is 0 Å². The maximum Gasteiger partial charge on any atom is 0.0767 e. The van der Waals surface area contributed by atoms with Crippen LogP contribution in [-0.2, 0) is 0 Å². The Morgan fingerprint density at radius 1 is 1.36 bits per heavy atom. The molecule has 0 saturated carbocycles. The highest BCUT2D eigenvalue weighted by molar-refractivity contribution is 7.99. The first kappa shape index (κ1) is 10.8. The van der Waals surface area contributed by atoms with Crippen LogP contribution < -0.4 is 0 Å². The monoisotopic (exact) mass is 215 g/mol. The molecule has 1 unspecified atom stereocenters. The van der Waals surface area contributed by atoms with Gasteiger partial charge in [-0.05, 0) is 57.5 Å². The standard InChI is InChI=1S/C11H21NOS/c1-12-6-3-10(4-7-12)11(13)5-2-8-14-9-11/h10,13H,2-9H2,1H3. The molecule has 2 rings (SSSR count). The first-order valence-electron chi connectivity index (χ1n) is 5.69. The minimum atomic E-state index is -0.329. The average Bonchev–Trinajstić information content (AvgIpc) is 2.19. The summed E-state index contributed by atoms with van der Waals surface area (Å²) in [6.07, 6.45) is 4.61. The molecule has 2 saturated heterocycles. The Morgan fingerprint density at radius 3 is 2.64 bits per heavy atom. The molecule has 1 N–H and O–H groups in total. The van der Waals surface area contributed by atoms with Gasteiger partial charge in [0.1, 0.15) is 0 Å². The Labute approximate surface area is 91.1 Å². The van der Waals surface area contributed by atoms with Crippen LogP contribution in [0, 0.1) is 5.92 Å². The SMILES string of the molecule is CN1CCC(C2(O)CCCSC2)CC1. The second kappa shape index (κ2) is 4.42. The third-order valence-electron chi connectivity index (χ3n) is 3.73. The summed E-state index contributed by atoms with van der Waals surface area (Å²) < 4.78 is 0. The van der Waals surface area contributed by atoms with Crippen molar-refractivity contribution in [3.05, 3.63) is 0 Å². The zero-order chi connectivity index (χ0) is 10.0. The predicted molar refractivity (Wildman–Crippen MR) is 61.7 cm³/mol. The van der Waals surface area contributed by atoms with Crippen molar-refractivity contribution in [2.45, 2.75) is 31.3 Å². The fourth-order valence-corrected chi connectivity index (χ4v) is 3.90. The zero-order valence-corrected chi connectivity index (χ0v) is 9.85. The van der Waals surface area contributed by atoms with E-state index < -0.39 is 0 Å². The topological polar surface area (TPSA) is 23.5 Å². The molecule has 2 fully saturated rings. The minimum absolute atomic E-state index is 0.329. The smallest absolute Gasteiger partial charge is 0.0767 e. The normalized spacial score (nSPS) is 37.3. The Hall–Kier alpha value is 0.270. The second-order valence-corrected chi connectivity index (χ2v) is 5.94. The van der Waals surface area contributed by atoms with E-state index in [0.29, 0.717) is 5.92 Å². The fourth-order valence-electron chi connectivity index (χ4n) is 2.67. The van der Waals surface area contributed by atoms with Gasteiger partial charge in [-0.1, -0.05) is 0 Å². The van der Waals surface area contributed by atoms with E-state index in [-0.39, 0.29) is 5.60 Å². The number of thioether (sulfide) groups is 1. The van der Waals surface area contributed by atoms with E-state index in [2.05, 4.69) is 11.9 Å². The van der Waals surface area contributed by atoms with Crippen molar-refractivity contribution in [3.63, 3.8) is 0 Å². The van der Waals surface area contributed by atoms with Gasteiger partial charge in [-0.15, -0.1) is 0 Å². The number of hydrogen-bond donors (Lipinski definition) is 1. The lowest BCUT2D eigenvalue weighted by Gasteiger charge is -2.42. The van der Waals surface area contributed by atoms with Gasteiger partial charge in [0, 0.05) is 5.75 Å². The number of piperidine rings is 1. The van der Waals surface area contributed by atoms with E-state index in [4.69, 9.17) is 0 Å². The molecule has 2 aliphatic rings. The Balaban J connectivity index is 1.92. The number of hydrogen-bond acceptors (Lipinski definition) is 3. The van der Waals surface area contributed by atoms with Gasteiger partial charge in [0.15, 0.2) is 0 Å². The molecule has 2 heterocycles. The summed E-state index contributed by atoms with van der Waals surface area (Å²) in [5.41, 5.74) is -0.329. The van der Waals surface area contributed by atoms with Crippen LogP contribution in [0.15, 0.2) is 0 Å². The fraction of sp³-hybridized carbons (Fsp3) is 1.00. The molecule has 0 aliphatic carbocycles. The summed E-state index contributed by atoms with van der Waals surface area (Å²) in [6, 6.07) is 0. The molecule has 2 nitrogen and oxygen atoms in total. The van der Waals surface area contributed by atoms with Gasteiger partial charge in [0.05, 0.1) is 5.60 Å². The molecule has 14 heavy (non-hydrogen) atoms. The highest BCUT2D eigenvalue weighted by Gasteiger charge is 2.39. The lowest BCUT2D eigenvalue weighted by Crippen LogP contribution is -2.47. The number of aliphatic hydroxyl groups is 1. The molecule has 1 atom stereocenters. The van der Waals surface area contributed by atoms with Crippen LogP contribution in [0.5, 0.6) is 0 Å². The quantitative estimate of drug-likeness (QED) is 0.718. The molecule has 0 aromatic carbocycles. The number of nitrogens with zero attached hydrogens (tertiary/aromatic N) is 1. The zero-order valence-electron chi connectivity index (χ0n) is 9.04. The number of likely N-dealkylation sites (tertiary alicyclic amines) is 1.